The van der Waals surface area contributed by atoms with Gasteiger partial charge in [-0.1, -0.05) is 30.3 Å². The Labute approximate surface area is 83.7 Å². The number of hydrogen-bond acceptors (Lipinski definition) is 2. The molecule has 1 heterocycles. The van der Waals surface area contributed by atoms with Crippen LogP contribution in [-0.4, -0.2) is 17.5 Å². The fraction of sp³-hybridized carbons (Fsp3) is 0.455. The van der Waals surface area contributed by atoms with Crippen LogP contribution in [0.25, 0.3) is 0 Å². The maximum absolute atomic E-state index is 6.10. The molecule has 2 heteroatoms. The lowest BCUT2D eigenvalue weighted by molar-refractivity contribution is 0.548. The Hall–Kier alpha value is -0.470. The van der Waals surface area contributed by atoms with Crippen molar-refractivity contribution in [2.45, 2.75) is 18.4 Å². The molecule has 1 aromatic rings. The third kappa shape index (κ3) is 2.06. The van der Waals surface area contributed by atoms with Crippen molar-refractivity contribution < 1.29 is 0 Å². The highest BCUT2D eigenvalue weighted by Gasteiger charge is 2.23. The smallest absolute Gasteiger partial charge is 0.0124 e. The van der Waals surface area contributed by atoms with Crippen molar-refractivity contribution in [1.82, 2.24) is 0 Å². The molecular formula is C11H15NS. The number of thioether (sulfide) groups is 1. The Morgan fingerprint density at radius 2 is 2.00 bits per heavy atom. The van der Waals surface area contributed by atoms with Gasteiger partial charge in [-0.25, -0.2) is 0 Å². The van der Waals surface area contributed by atoms with Crippen LogP contribution in [0.2, 0.25) is 0 Å². The summed E-state index contributed by atoms with van der Waals surface area (Å²) in [5.41, 5.74) is 7.50. The van der Waals surface area contributed by atoms with E-state index in [1.54, 1.807) is 0 Å². The van der Waals surface area contributed by atoms with Crippen LogP contribution in [0.1, 0.15) is 17.9 Å². The summed E-state index contributed by atoms with van der Waals surface area (Å²) in [5.74, 6) is 2.98. The molecule has 1 saturated heterocycles. The second-order valence-electron chi connectivity index (χ2n) is 3.54. The van der Waals surface area contributed by atoms with Crippen LogP contribution in [0.5, 0.6) is 0 Å². The monoisotopic (exact) mass is 193 g/mol. The SMILES string of the molecule is NC1CCSCC1c1ccccc1. The average Bonchev–Trinajstić information content (AvgIpc) is 2.20. The second-order valence-corrected chi connectivity index (χ2v) is 4.69. The van der Waals surface area contributed by atoms with Gasteiger partial charge in [-0.3, -0.25) is 0 Å². The van der Waals surface area contributed by atoms with Gasteiger partial charge in [0.25, 0.3) is 0 Å². The van der Waals surface area contributed by atoms with E-state index in [-0.39, 0.29) is 0 Å². The Morgan fingerprint density at radius 1 is 1.23 bits per heavy atom. The summed E-state index contributed by atoms with van der Waals surface area (Å²) >= 11 is 2.02. The van der Waals surface area contributed by atoms with Gasteiger partial charge in [-0.05, 0) is 17.7 Å². The van der Waals surface area contributed by atoms with Gasteiger partial charge in [-0.2, -0.15) is 11.8 Å². The van der Waals surface area contributed by atoms with Crippen LogP contribution in [0, 0.1) is 0 Å². The molecule has 0 spiro atoms. The lowest BCUT2D eigenvalue weighted by Crippen LogP contribution is -2.33. The summed E-state index contributed by atoms with van der Waals surface area (Å²) in [7, 11) is 0. The van der Waals surface area contributed by atoms with E-state index in [0.29, 0.717) is 12.0 Å². The van der Waals surface area contributed by atoms with E-state index >= 15 is 0 Å². The maximum Gasteiger partial charge on any atom is 0.0124 e. The largest absolute Gasteiger partial charge is 0.327 e. The molecule has 1 aliphatic heterocycles. The summed E-state index contributed by atoms with van der Waals surface area (Å²) in [6.07, 6.45) is 1.16. The van der Waals surface area contributed by atoms with Crippen LogP contribution in [0.4, 0.5) is 0 Å². The van der Waals surface area contributed by atoms with Crippen LogP contribution in [0.15, 0.2) is 30.3 Å². The first-order chi connectivity index (χ1) is 6.38. The predicted molar refractivity (Wildman–Crippen MR) is 59.1 cm³/mol. The summed E-state index contributed by atoms with van der Waals surface area (Å²) in [6.45, 7) is 0. The third-order valence-corrected chi connectivity index (χ3v) is 3.76. The molecular weight excluding hydrogens is 178 g/mol. The molecule has 0 amide bonds. The minimum atomic E-state index is 0.364. The van der Waals surface area contributed by atoms with E-state index in [9.17, 15) is 0 Å². The van der Waals surface area contributed by atoms with Gasteiger partial charge in [0.15, 0.2) is 0 Å². The van der Waals surface area contributed by atoms with Crippen molar-refractivity contribution in [3.8, 4) is 0 Å². The second kappa shape index (κ2) is 4.16. The van der Waals surface area contributed by atoms with Gasteiger partial charge in [-0.15, -0.1) is 0 Å². The first kappa shape index (κ1) is 9.10. The van der Waals surface area contributed by atoms with Crippen molar-refractivity contribution in [3.63, 3.8) is 0 Å². The van der Waals surface area contributed by atoms with Gasteiger partial charge in [0.1, 0.15) is 0 Å². The number of benzene rings is 1. The molecule has 70 valence electrons. The molecule has 0 bridgehead atoms. The van der Waals surface area contributed by atoms with Crippen LogP contribution >= 0.6 is 11.8 Å². The number of nitrogens with two attached hydrogens (primary N) is 1. The molecule has 0 aromatic heterocycles. The van der Waals surface area contributed by atoms with Crippen molar-refractivity contribution >= 4 is 11.8 Å². The molecule has 0 aliphatic carbocycles. The molecule has 1 aliphatic rings. The zero-order valence-corrected chi connectivity index (χ0v) is 8.46. The molecule has 0 radical (unpaired) electrons. The normalized spacial score (nSPS) is 28.7. The van der Waals surface area contributed by atoms with E-state index in [1.165, 1.54) is 17.1 Å². The highest BCUT2D eigenvalue weighted by atomic mass is 32.2. The lowest BCUT2D eigenvalue weighted by Gasteiger charge is -2.28. The fourth-order valence-corrected chi connectivity index (χ4v) is 3.10. The molecule has 0 saturated carbocycles. The fourth-order valence-electron chi connectivity index (χ4n) is 1.80. The van der Waals surface area contributed by atoms with E-state index in [2.05, 4.69) is 30.3 Å². The predicted octanol–water partition coefficient (Wildman–Crippen LogP) is 2.23. The third-order valence-electron chi connectivity index (χ3n) is 2.64. The molecule has 2 rings (SSSR count). The number of hydrogen-bond donors (Lipinski definition) is 1. The first-order valence-electron chi connectivity index (χ1n) is 4.76. The van der Waals surface area contributed by atoms with Crippen LogP contribution in [0.3, 0.4) is 0 Å². The standard InChI is InChI=1S/C11H15NS/c12-11-6-7-13-8-10(11)9-4-2-1-3-5-9/h1-5,10-11H,6-8,12H2. The van der Waals surface area contributed by atoms with E-state index in [0.717, 1.165) is 6.42 Å². The van der Waals surface area contributed by atoms with Crippen LogP contribution < -0.4 is 5.73 Å². The molecule has 2 atom stereocenters. The van der Waals surface area contributed by atoms with Gasteiger partial charge in [0.05, 0.1) is 0 Å². The molecule has 2 N–H and O–H groups in total. The average molecular weight is 193 g/mol. The van der Waals surface area contributed by atoms with Crippen molar-refractivity contribution in [2.75, 3.05) is 11.5 Å². The highest BCUT2D eigenvalue weighted by molar-refractivity contribution is 7.99. The zero-order chi connectivity index (χ0) is 9.10. The highest BCUT2D eigenvalue weighted by Crippen LogP contribution is 2.30. The first-order valence-corrected chi connectivity index (χ1v) is 5.91. The summed E-state index contributed by atoms with van der Waals surface area (Å²) < 4.78 is 0. The Bertz CT molecular complexity index is 260. The minimum absolute atomic E-state index is 0.364. The summed E-state index contributed by atoms with van der Waals surface area (Å²) in [4.78, 5) is 0. The van der Waals surface area contributed by atoms with Gasteiger partial charge >= 0.3 is 0 Å². The number of rotatable bonds is 1. The maximum atomic E-state index is 6.10. The zero-order valence-electron chi connectivity index (χ0n) is 7.65. The van der Waals surface area contributed by atoms with Crippen molar-refractivity contribution in [2.24, 2.45) is 5.73 Å². The quantitative estimate of drug-likeness (QED) is 0.740. The van der Waals surface area contributed by atoms with Gasteiger partial charge < -0.3 is 5.73 Å². The van der Waals surface area contributed by atoms with E-state index < -0.39 is 0 Å². The van der Waals surface area contributed by atoms with Gasteiger partial charge in [0, 0.05) is 17.7 Å². The van der Waals surface area contributed by atoms with Crippen molar-refractivity contribution in [3.05, 3.63) is 35.9 Å². The van der Waals surface area contributed by atoms with Gasteiger partial charge in [0.2, 0.25) is 0 Å². The Balaban J connectivity index is 2.15. The molecule has 1 fully saturated rings. The summed E-state index contributed by atoms with van der Waals surface area (Å²) in [6, 6.07) is 11.0. The molecule has 2 unspecified atom stereocenters. The van der Waals surface area contributed by atoms with E-state index in [4.69, 9.17) is 5.73 Å². The Morgan fingerprint density at radius 3 is 2.69 bits per heavy atom. The van der Waals surface area contributed by atoms with Crippen molar-refractivity contribution in [1.29, 1.82) is 0 Å². The van der Waals surface area contributed by atoms with E-state index in [1.807, 2.05) is 11.8 Å². The molecule has 1 aromatic carbocycles. The topological polar surface area (TPSA) is 26.0 Å². The minimum Gasteiger partial charge on any atom is -0.327 e. The lowest BCUT2D eigenvalue weighted by atomic mass is 9.92. The Kier molecular flexibility index (Phi) is 2.91. The summed E-state index contributed by atoms with van der Waals surface area (Å²) in [5, 5.41) is 0. The van der Waals surface area contributed by atoms with Crippen LogP contribution in [-0.2, 0) is 0 Å². The molecule has 1 nitrogen and oxygen atoms in total. The molecule has 13 heavy (non-hydrogen) atoms.